The number of rotatable bonds is 7. The molecule has 0 aliphatic carbocycles. The lowest BCUT2D eigenvalue weighted by Gasteiger charge is -2.10. The SMILES string of the molecule is NS(=O)(=O)c1ccc(CCNC(=O)Cn2nc(-c3cccc4ccccc34)ccc2=O)cc1. The van der Waals surface area contributed by atoms with E-state index in [9.17, 15) is 18.0 Å². The summed E-state index contributed by atoms with van der Waals surface area (Å²) in [6.07, 6.45) is 0.495. The van der Waals surface area contributed by atoms with Gasteiger partial charge < -0.3 is 5.32 Å². The van der Waals surface area contributed by atoms with E-state index in [1.165, 1.54) is 18.2 Å². The van der Waals surface area contributed by atoms with E-state index in [-0.39, 0.29) is 22.9 Å². The molecule has 0 fully saturated rings. The van der Waals surface area contributed by atoms with Crippen molar-refractivity contribution >= 4 is 26.7 Å². The first-order valence-corrected chi connectivity index (χ1v) is 11.8. The second-order valence-corrected chi connectivity index (χ2v) is 9.09. The fraction of sp³-hybridized carbons (Fsp3) is 0.125. The van der Waals surface area contributed by atoms with E-state index in [0.29, 0.717) is 18.7 Å². The first-order chi connectivity index (χ1) is 15.8. The summed E-state index contributed by atoms with van der Waals surface area (Å²) in [6, 6.07) is 23.0. The largest absolute Gasteiger partial charge is 0.354 e. The van der Waals surface area contributed by atoms with E-state index in [4.69, 9.17) is 5.14 Å². The quantitative estimate of drug-likeness (QED) is 0.435. The molecule has 0 saturated carbocycles. The predicted octanol–water partition coefficient (Wildman–Crippen LogP) is 2.07. The van der Waals surface area contributed by atoms with E-state index >= 15 is 0 Å². The van der Waals surface area contributed by atoms with Gasteiger partial charge in [0.1, 0.15) is 6.54 Å². The molecular formula is C24H22N4O4S. The summed E-state index contributed by atoms with van der Waals surface area (Å²) < 4.78 is 23.8. The molecule has 4 rings (SSSR count). The molecule has 0 atom stereocenters. The van der Waals surface area contributed by atoms with Crippen LogP contribution in [-0.4, -0.2) is 30.7 Å². The van der Waals surface area contributed by atoms with Crippen molar-refractivity contribution in [3.05, 3.63) is 94.8 Å². The Morgan fingerprint density at radius 3 is 2.42 bits per heavy atom. The van der Waals surface area contributed by atoms with Crippen LogP contribution in [0.4, 0.5) is 0 Å². The van der Waals surface area contributed by atoms with Crippen LogP contribution in [0.3, 0.4) is 0 Å². The maximum absolute atomic E-state index is 12.4. The second-order valence-electron chi connectivity index (χ2n) is 7.53. The lowest BCUT2D eigenvalue weighted by atomic mass is 10.0. The molecule has 0 aliphatic heterocycles. The van der Waals surface area contributed by atoms with Crippen molar-refractivity contribution < 1.29 is 13.2 Å². The number of hydrogen-bond acceptors (Lipinski definition) is 5. The number of nitrogens with one attached hydrogen (secondary N) is 1. The molecule has 0 radical (unpaired) electrons. The standard InChI is InChI=1S/C24H22N4O4S/c25-33(31,32)19-10-8-17(9-11-19)14-15-26-23(29)16-28-24(30)13-12-22(27-28)21-7-3-5-18-4-1-2-6-20(18)21/h1-13H,14-16H2,(H,26,29)(H2,25,31,32). The van der Waals surface area contributed by atoms with Crippen molar-refractivity contribution in [3.8, 4) is 11.3 Å². The minimum absolute atomic E-state index is 0.0341. The third-order valence-electron chi connectivity index (χ3n) is 5.21. The molecule has 0 aliphatic rings. The monoisotopic (exact) mass is 462 g/mol. The zero-order valence-corrected chi connectivity index (χ0v) is 18.5. The van der Waals surface area contributed by atoms with Crippen molar-refractivity contribution in [1.82, 2.24) is 15.1 Å². The maximum atomic E-state index is 12.4. The van der Waals surface area contributed by atoms with Gasteiger partial charge in [-0.1, -0.05) is 54.6 Å². The topological polar surface area (TPSA) is 124 Å². The van der Waals surface area contributed by atoms with Gasteiger partial charge in [-0.05, 0) is 41.0 Å². The Morgan fingerprint density at radius 1 is 0.939 bits per heavy atom. The van der Waals surface area contributed by atoms with Crippen LogP contribution >= 0.6 is 0 Å². The highest BCUT2D eigenvalue weighted by Gasteiger charge is 2.10. The van der Waals surface area contributed by atoms with Gasteiger partial charge >= 0.3 is 0 Å². The van der Waals surface area contributed by atoms with Crippen LogP contribution in [0.15, 0.2) is 88.6 Å². The molecule has 1 aromatic heterocycles. The number of carbonyl (C=O) groups excluding carboxylic acids is 1. The second kappa shape index (κ2) is 9.35. The van der Waals surface area contributed by atoms with Gasteiger partial charge in [0.05, 0.1) is 10.6 Å². The first kappa shape index (κ1) is 22.4. The molecule has 3 aromatic carbocycles. The highest BCUT2D eigenvalue weighted by atomic mass is 32.2. The van der Waals surface area contributed by atoms with Crippen LogP contribution in [0.5, 0.6) is 0 Å². The number of aromatic nitrogens is 2. The Kier molecular flexibility index (Phi) is 6.34. The summed E-state index contributed by atoms with van der Waals surface area (Å²) in [5.74, 6) is -0.346. The summed E-state index contributed by atoms with van der Waals surface area (Å²) in [6.45, 7) is 0.118. The smallest absolute Gasteiger partial charge is 0.267 e. The van der Waals surface area contributed by atoms with Gasteiger partial charge in [0.25, 0.3) is 5.56 Å². The highest BCUT2D eigenvalue weighted by molar-refractivity contribution is 7.89. The van der Waals surface area contributed by atoms with Crippen molar-refractivity contribution in [2.75, 3.05) is 6.54 Å². The fourth-order valence-corrected chi connectivity index (χ4v) is 4.05. The molecule has 1 heterocycles. The van der Waals surface area contributed by atoms with Gasteiger partial charge in [-0.2, -0.15) is 5.10 Å². The van der Waals surface area contributed by atoms with E-state index < -0.39 is 10.0 Å². The van der Waals surface area contributed by atoms with Crippen LogP contribution in [0.2, 0.25) is 0 Å². The average Bonchev–Trinajstić information content (AvgIpc) is 2.80. The molecule has 168 valence electrons. The van der Waals surface area contributed by atoms with Gasteiger partial charge in [0.2, 0.25) is 15.9 Å². The third-order valence-corrected chi connectivity index (χ3v) is 6.14. The Hall–Kier alpha value is -3.82. The average molecular weight is 463 g/mol. The molecule has 3 N–H and O–H groups in total. The molecule has 0 saturated heterocycles. The highest BCUT2D eigenvalue weighted by Crippen LogP contribution is 2.26. The van der Waals surface area contributed by atoms with Gasteiger partial charge in [0, 0.05) is 18.2 Å². The molecule has 9 heteroatoms. The molecule has 1 amide bonds. The number of primary sulfonamides is 1. The van der Waals surface area contributed by atoms with Gasteiger partial charge in [0.15, 0.2) is 0 Å². The Balaban J connectivity index is 1.43. The van der Waals surface area contributed by atoms with Gasteiger partial charge in [-0.25, -0.2) is 18.2 Å². The van der Waals surface area contributed by atoms with E-state index in [0.717, 1.165) is 26.6 Å². The lowest BCUT2D eigenvalue weighted by molar-refractivity contribution is -0.121. The minimum Gasteiger partial charge on any atom is -0.354 e. The third kappa shape index (κ3) is 5.33. The van der Waals surface area contributed by atoms with Crippen LogP contribution in [-0.2, 0) is 27.8 Å². The van der Waals surface area contributed by atoms with Crippen molar-refractivity contribution in [1.29, 1.82) is 0 Å². The summed E-state index contributed by atoms with van der Waals surface area (Å²) >= 11 is 0. The fourth-order valence-electron chi connectivity index (χ4n) is 3.54. The Labute approximate surface area is 190 Å². The van der Waals surface area contributed by atoms with Crippen LogP contribution in [0.1, 0.15) is 5.56 Å². The number of benzene rings is 3. The molecule has 8 nitrogen and oxygen atoms in total. The molecular weight excluding hydrogens is 440 g/mol. The Morgan fingerprint density at radius 2 is 1.67 bits per heavy atom. The number of fused-ring (bicyclic) bond motifs is 1. The normalized spacial score (nSPS) is 11.4. The number of carbonyl (C=O) groups is 1. The first-order valence-electron chi connectivity index (χ1n) is 10.3. The number of nitrogens with two attached hydrogens (primary N) is 1. The molecule has 4 aromatic rings. The molecule has 0 unspecified atom stereocenters. The summed E-state index contributed by atoms with van der Waals surface area (Å²) in [7, 11) is -3.74. The van der Waals surface area contributed by atoms with E-state index in [1.807, 2.05) is 42.5 Å². The number of hydrogen-bond donors (Lipinski definition) is 2. The van der Waals surface area contributed by atoms with Crippen LogP contribution < -0.4 is 16.0 Å². The summed E-state index contributed by atoms with van der Waals surface area (Å²) in [5, 5.41) is 14.3. The molecule has 33 heavy (non-hydrogen) atoms. The molecule has 0 spiro atoms. The van der Waals surface area contributed by atoms with E-state index in [2.05, 4.69) is 10.4 Å². The number of nitrogens with zero attached hydrogens (tertiary/aromatic N) is 2. The van der Waals surface area contributed by atoms with Crippen LogP contribution in [0.25, 0.3) is 22.0 Å². The predicted molar refractivity (Wildman–Crippen MR) is 126 cm³/mol. The summed E-state index contributed by atoms with van der Waals surface area (Å²) in [4.78, 5) is 24.7. The zero-order valence-electron chi connectivity index (χ0n) is 17.6. The van der Waals surface area contributed by atoms with Crippen molar-refractivity contribution in [2.45, 2.75) is 17.9 Å². The zero-order chi connectivity index (χ0) is 23.4. The van der Waals surface area contributed by atoms with E-state index in [1.54, 1.807) is 18.2 Å². The van der Waals surface area contributed by atoms with Crippen molar-refractivity contribution in [3.63, 3.8) is 0 Å². The van der Waals surface area contributed by atoms with Crippen LogP contribution in [0, 0.1) is 0 Å². The molecule has 0 bridgehead atoms. The summed E-state index contributed by atoms with van der Waals surface area (Å²) in [5.41, 5.74) is 1.96. The number of sulfonamides is 1. The van der Waals surface area contributed by atoms with Gasteiger partial charge in [-0.3, -0.25) is 9.59 Å². The Bertz CT molecular complexity index is 1470. The maximum Gasteiger partial charge on any atom is 0.267 e. The lowest BCUT2D eigenvalue weighted by Crippen LogP contribution is -2.34. The van der Waals surface area contributed by atoms with Gasteiger partial charge in [-0.15, -0.1) is 0 Å². The minimum atomic E-state index is -3.74. The number of amides is 1. The van der Waals surface area contributed by atoms with Crippen molar-refractivity contribution in [2.24, 2.45) is 5.14 Å².